The Kier molecular flexibility index (Phi) is 2.77. The quantitative estimate of drug-likeness (QED) is 0.783. The second-order valence-electron chi connectivity index (χ2n) is 3.60. The van der Waals surface area contributed by atoms with Gasteiger partial charge in [0.05, 0.1) is 18.1 Å². The van der Waals surface area contributed by atoms with Crippen molar-refractivity contribution in [1.29, 1.82) is 0 Å². The lowest BCUT2D eigenvalue weighted by Gasteiger charge is -2.13. The van der Waals surface area contributed by atoms with Crippen molar-refractivity contribution in [2.75, 3.05) is 13.2 Å². The fourth-order valence-electron chi connectivity index (χ4n) is 1.66. The van der Waals surface area contributed by atoms with Crippen LogP contribution in [0.15, 0.2) is 35.2 Å². The molecule has 0 aromatic heterocycles. The molecule has 5 heteroatoms. The van der Waals surface area contributed by atoms with Gasteiger partial charge < -0.3 is 10.5 Å². The van der Waals surface area contributed by atoms with Crippen molar-refractivity contribution in [3.05, 3.63) is 30.3 Å². The van der Waals surface area contributed by atoms with Crippen LogP contribution in [-0.2, 0) is 14.6 Å². The number of nitrogens with two attached hydrogens (primary N) is 1. The molecule has 1 heterocycles. The predicted octanol–water partition coefficient (Wildman–Crippen LogP) is 0.186. The van der Waals surface area contributed by atoms with Crippen LogP contribution < -0.4 is 5.73 Å². The van der Waals surface area contributed by atoms with Crippen LogP contribution in [0.1, 0.15) is 0 Å². The zero-order valence-electron chi connectivity index (χ0n) is 8.17. The number of sulfone groups is 1. The molecule has 1 aliphatic heterocycles. The monoisotopic (exact) mass is 227 g/mol. The van der Waals surface area contributed by atoms with Crippen LogP contribution in [0.3, 0.4) is 0 Å². The molecule has 2 rings (SSSR count). The molecular weight excluding hydrogens is 214 g/mol. The van der Waals surface area contributed by atoms with Gasteiger partial charge in [0.25, 0.3) is 0 Å². The van der Waals surface area contributed by atoms with Gasteiger partial charge in [-0.25, -0.2) is 8.42 Å². The highest BCUT2D eigenvalue weighted by atomic mass is 32.2. The first-order chi connectivity index (χ1) is 7.12. The third kappa shape index (κ3) is 1.90. The van der Waals surface area contributed by atoms with E-state index in [1.54, 1.807) is 30.3 Å². The Morgan fingerprint density at radius 3 is 2.40 bits per heavy atom. The molecule has 1 fully saturated rings. The molecule has 0 radical (unpaired) electrons. The maximum atomic E-state index is 12.1. The average Bonchev–Trinajstić information content (AvgIpc) is 2.66. The molecule has 0 amide bonds. The summed E-state index contributed by atoms with van der Waals surface area (Å²) in [6.45, 7) is 0.509. The van der Waals surface area contributed by atoms with Crippen LogP contribution in [0.25, 0.3) is 0 Å². The first-order valence-corrected chi connectivity index (χ1v) is 6.29. The smallest absolute Gasteiger partial charge is 0.185 e. The Morgan fingerprint density at radius 2 is 1.87 bits per heavy atom. The molecular formula is C10H13NO3S. The van der Waals surface area contributed by atoms with Crippen LogP contribution in [0.5, 0.6) is 0 Å². The molecule has 0 aliphatic carbocycles. The third-order valence-corrected chi connectivity index (χ3v) is 4.75. The summed E-state index contributed by atoms with van der Waals surface area (Å²) in [6.07, 6.45) is 0. The molecule has 15 heavy (non-hydrogen) atoms. The minimum atomic E-state index is -3.34. The Balaban J connectivity index is 2.35. The fourth-order valence-corrected chi connectivity index (χ4v) is 3.36. The second kappa shape index (κ2) is 3.92. The van der Waals surface area contributed by atoms with E-state index in [0.717, 1.165) is 0 Å². The van der Waals surface area contributed by atoms with Gasteiger partial charge in [-0.05, 0) is 12.1 Å². The zero-order chi connectivity index (χ0) is 10.9. The summed E-state index contributed by atoms with van der Waals surface area (Å²) in [5.74, 6) is 0. The van der Waals surface area contributed by atoms with Crippen LogP contribution in [-0.4, -0.2) is 32.9 Å². The van der Waals surface area contributed by atoms with Gasteiger partial charge in [-0.3, -0.25) is 0 Å². The first kappa shape index (κ1) is 10.6. The maximum Gasteiger partial charge on any atom is 0.185 e. The van der Waals surface area contributed by atoms with Crippen molar-refractivity contribution in [3.63, 3.8) is 0 Å². The van der Waals surface area contributed by atoms with Gasteiger partial charge in [-0.1, -0.05) is 18.2 Å². The molecule has 1 aliphatic rings. The van der Waals surface area contributed by atoms with E-state index < -0.39 is 21.1 Å². The summed E-state index contributed by atoms with van der Waals surface area (Å²) in [6, 6.07) is 7.93. The SMILES string of the molecule is N[C@@H]1COC[C@@H]1S(=O)(=O)c1ccccc1. The maximum absolute atomic E-state index is 12.1. The molecule has 1 aromatic rings. The highest BCUT2D eigenvalue weighted by Crippen LogP contribution is 2.21. The molecule has 0 saturated carbocycles. The molecule has 4 nitrogen and oxygen atoms in total. The minimum absolute atomic E-state index is 0.193. The zero-order valence-corrected chi connectivity index (χ0v) is 8.98. The van der Waals surface area contributed by atoms with Crippen molar-refractivity contribution >= 4 is 9.84 Å². The van der Waals surface area contributed by atoms with Gasteiger partial charge >= 0.3 is 0 Å². The minimum Gasteiger partial charge on any atom is -0.378 e. The van der Waals surface area contributed by atoms with Gasteiger partial charge in [0.1, 0.15) is 5.25 Å². The van der Waals surface area contributed by atoms with E-state index in [4.69, 9.17) is 10.5 Å². The van der Waals surface area contributed by atoms with E-state index in [1.807, 2.05) is 0 Å². The molecule has 1 saturated heterocycles. The van der Waals surface area contributed by atoms with Crippen LogP contribution in [0.2, 0.25) is 0 Å². The van der Waals surface area contributed by atoms with Gasteiger partial charge in [-0.2, -0.15) is 0 Å². The van der Waals surface area contributed by atoms with E-state index in [-0.39, 0.29) is 6.61 Å². The molecule has 1 aromatic carbocycles. The van der Waals surface area contributed by atoms with E-state index >= 15 is 0 Å². The first-order valence-electron chi connectivity index (χ1n) is 4.74. The third-order valence-electron chi connectivity index (χ3n) is 2.54. The van der Waals surface area contributed by atoms with Crippen LogP contribution >= 0.6 is 0 Å². The Labute approximate surface area is 89.0 Å². The summed E-state index contributed by atoms with van der Waals surface area (Å²) in [5, 5.41) is -0.611. The highest BCUT2D eigenvalue weighted by Gasteiger charge is 2.37. The highest BCUT2D eigenvalue weighted by molar-refractivity contribution is 7.92. The van der Waals surface area contributed by atoms with Crippen molar-refractivity contribution in [1.82, 2.24) is 0 Å². The standard InChI is InChI=1S/C10H13NO3S/c11-9-6-14-7-10(9)15(12,13)8-4-2-1-3-5-8/h1-5,9-10H,6-7,11H2/t9-,10+/m1/s1. The van der Waals surface area contributed by atoms with Crippen molar-refractivity contribution in [3.8, 4) is 0 Å². The normalized spacial score (nSPS) is 26.7. The number of ether oxygens (including phenoxy) is 1. The van der Waals surface area contributed by atoms with E-state index in [2.05, 4.69) is 0 Å². The molecule has 2 N–H and O–H groups in total. The molecule has 0 bridgehead atoms. The van der Waals surface area contributed by atoms with Crippen molar-refractivity contribution in [2.45, 2.75) is 16.2 Å². The summed E-state index contributed by atoms with van der Waals surface area (Å²) in [4.78, 5) is 0.316. The van der Waals surface area contributed by atoms with E-state index in [1.165, 1.54) is 0 Å². The van der Waals surface area contributed by atoms with Crippen LogP contribution in [0.4, 0.5) is 0 Å². The topological polar surface area (TPSA) is 69.4 Å². The van der Waals surface area contributed by atoms with Gasteiger partial charge in [0.2, 0.25) is 0 Å². The molecule has 82 valence electrons. The largest absolute Gasteiger partial charge is 0.378 e. The number of hydrogen-bond acceptors (Lipinski definition) is 4. The summed E-state index contributed by atoms with van der Waals surface area (Å²) in [7, 11) is -3.34. The lowest BCUT2D eigenvalue weighted by Crippen LogP contribution is -2.39. The van der Waals surface area contributed by atoms with Crippen molar-refractivity contribution in [2.24, 2.45) is 5.73 Å². The molecule has 2 atom stereocenters. The van der Waals surface area contributed by atoms with E-state index in [0.29, 0.717) is 11.5 Å². The lowest BCUT2D eigenvalue weighted by atomic mass is 10.3. The number of rotatable bonds is 2. The Hall–Kier alpha value is -0.910. The van der Waals surface area contributed by atoms with Crippen molar-refractivity contribution < 1.29 is 13.2 Å². The van der Waals surface area contributed by atoms with Gasteiger partial charge in [-0.15, -0.1) is 0 Å². The second-order valence-corrected chi connectivity index (χ2v) is 5.76. The number of hydrogen-bond donors (Lipinski definition) is 1. The fraction of sp³-hybridized carbons (Fsp3) is 0.400. The molecule has 0 spiro atoms. The predicted molar refractivity (Wildman–Crippen MR) is 56.2 cm³/mol. The lowest BCUT2D eigenvalue weighted by molar-refractivity contribution is 0.194. The van der Waals surface area contributed by atoms with Gasteiger partial charge in [0, 0.05) is 6.04 Å². The summed E-state index contributed by atoms with van der Waals surface area (Å²) >= 11 is 0. The average molecular weight is 227 g/mol. The Bertz CT molecular complexity index is 429. The summed E-state index contributed by atoms with van der Waals surface area (Å²) in [5.41, 5.74) is 5.70. The summed E-state index contributed by atoms with van der Waals surface area (Å²) < 4.78 is 29.2. The van der Waals surface area contributed by atoms with E-state index in [9.17, 15) is 8.42 Å². The Morgan fingerprint density at radius 1 is 1.20 bits per heavy atom. The van der Waals surface area contributed by atoms with Gasteiger partial charge in [0.15, 0.2) is 9.84 Å². The van der Waals surface area contributed by atoms with Crippen LogP contribution in [0, 0.1) is 0 Å². The number of benzene rings is 1. The molecule has 0 unspecified atom stereocenters.